The second-order valence-electron chi connectivity index (χ2n) is 8.25. The Hall–Kier alpha value is -2.30. The summed E-state index contributed by atoms with van der Waals surface area (Å²) in [5.74, 6) is -0.154. The Morgan fingerprint density at radius 2 is 1.89 bits per heavy atom. The highest BCUT2D eigenvalue weighted by Gasteiger charge is 2.21. The molecule has 0 aliphatic heterocycles. The summed E-state index contributed by atoms with van der Waals surface area (Å²) < 4.78 is 2.04. The molecule has 0 aliphatic rings. The molecule has 148 valence electrons. The molecule has 0 radical (unpaired) electrons. The highest BCUT2D eigenvalue weighted by Crippen LogP contribution is 2.26. The number of nitrogens with one attached hydrogen (secondary N) is 1. The minimum Gasteiger partial charge on any atom is -0.396 e. The van der Waals surface area contributed by atoms with Crippen LogP contribution in [0.4, 0.5) is 0 Å². The maximum absolute atomic E-state index is 13.0. The van der Waals surface area contributed by atoms with Gasteiger partial charge in [0.1, 0.15) is 5.69 Å². The normalized spacial score (nSPS) is 11.8. The van der Waals surface area contributed by atoms with Gasteiger partial charge in [-0.3, -0.25) is 4.79 Å². The lowest BCUT2D eigenvalue weighted by Gasteiger charge is -2.22. The van der Waals surface area contributed by atoms with Gasteiger partial charge in [0, 0.05) is 41.0 Å². The second-order valence-corrected chi connectivity index (χ2v) is 8.69. The van der Waals surface area contributed by atoms with Gasteiger partial charge in [0.05, 0.1) is 0 Å². The van der Waals surface area contributed by atoms with Gasteiger partial charge >= 0.3 is 0 Å². The van der Waals surface area contributed by atoms with Crippen LogP contribution in [0.25, 0.3) is 10.9 Å². The molecular weight excluding hydrogens is 372 g/mol. The van der Waals surface area contributed by atoms with E-state index in [1.165, 1.54) is 16.7 Å². The molecule has 2 N–H and O–H groups in total. The first-order valence-electron chi connectivity index (χ1n) is 9.44. The van der Waals surface area contributed by atoms with Crippen LogP contribution in [-0.4, -0.2) is 28.7 Å². The van der Waals surface area contributed by atoms with Crippen molar-refractivity contribution < 1.29 is 9.90 Å². The predicted octanol–water partition coefficient (Wildman–Crippen LogP) is 4.71. The first kappa shape index (κ1) is 20.4. The number of carbonyl (C=O) groups excluding carboxylic acids is 1. The molecule has 0 fully saturated rings. The van der Waals surface area contributed by atoms with E-state index < -0.39 is 0 Å². The maximum Gasteiger partial charge on any atom is 0.267 e. The Morgan fingerprint density at radius 3 is 2.61 bits per heavy atom. The zero-order valence-corrected chi connectivity index (χ0v) is 17.6. The lowest BCUT2D eigenvalue weighted by molar-refractivity contribution is 0.0903. The van der Waals surface area contributed by atoms with Gasteiger partial charge in [-0.25, -0.2) is 0 Å². The Kier molecular flexibility index (Phi) is 5.82. The zero-order valence-electron chi connectivity index (χ0n) is 16.8. The molecule has 28 heavy (non-hydrogen) atoms. The van der Waals surface area contributed by atoms with Crippen molar-refractivity contribution in [1.29, 1.82) is 0 Å². The molecule has 1 aromatic heterocycles. The summed E-state index contributed by atoms with van der Waals surface area (Å²) in [6, 6.07) is 13.9. The average molecular weight is 399 g/mol. The van der Waals surface area contributed by atoms with Gasteiger partial charge in [0.25, 0.3) is 5.91 Å². The van der Waals surface area contributed by atoms with Crippen LogP contribution >= 0.6 is 11.6 Å². The third kappa shape index (κ3) is 4.40. The molecule has 2 aromatic carbocycles. The van der Waals surface area contributed by atoms with Crippen molar-refractivity contribution in [2.24, 2.45) is 5.41 Å². The number of hydrogen-bond donors (Lipinski definition) is 2. The number of rotatable bonds is 6. The average Bonchev–Trinajstić information content (AvgIpc) is 3.00. The number of fused-ring (bicyclic) bond motifs is 1. The SMILES string of the molecule is Cc1ccc(C)c(Cn2c(C(=O)NCC(C)(C)CO)cc3cc(Cl)ccc32)c1. The van der Waals surface area contributed by atoms with E-state index in [1.807, 2.05) is 42.7 Å². The number of benzene rings is 2. The van der Waals surface area contributed by atoms with Crippen LogP contribution in [0.1, 0.15) is 41.0 Å². The monoisotopic (exact) mass is 398 g/mol. The summed E-state index contributed by atoms with van der Waals surface area (Å²) in [5, 5.41) is 14.0. The third-order valence-electron chi connectivity index (χ3n) is 5.08. The smallest absolute Gasteiger partial charge is 0.267 e. The minimum atomic E-state index is -0.372. The number of amides is 1. The molecule has 0 atom stereocenters. The lowest BCUT2D eigenvalue weighted by Crippen LogP contribution is -2.36. The number of hydrogen-bond acceptors (Lipinski definition) is 2. The van der Waals surface area contributed by atoms with Crippen molar-refractivity contribution in [3.63, 3.8) is 0 Å². The van der Waals surface area contributed by atoms with E-state index in [0.717, 1.165) is 10.9 Å². The van der Waals surface area contributed by atoms with Crippen molar-refractivity contribution in [3.05, 3.63) is 69.9 Å². The molecule has 5 heteroatoms. The standard InChI is InChI=1S/C23H27ClN2O2/c1-15-5-6-16(2)18(9-15)12-26-20-8-7-19(24)10-17(20)11-21(26)22(28)25-13-23(3,4)14-27/h5-11,27H,12-14H2,1-4H3,(H,25,28). The molecule has 4 nitrogen and oxygen atoms in total. The lowest BCUT2D eigenvalue weighted by atomic mass is 9.95. The molecule has 0 saturated carbocycles. The Bertz CT molecular complexity index is 1020. The predicted molar refractivity (Wildman–Crippen MR) is 115 cm³/mol. The molecule has 0 saturated heterocycles. The molecule has 0 spiro atoms. The molecule has 0 unspecified atom stereocenters. The summed E-state index contributed by atoms with van der Waals surface area (Å²) in [6.45, 7) is 8.99. The highest BCUT2D eigenvalue weighted by atomic mass is 35.5. The fraction of sp³-hybridized carbons (Fsp3) is 0.348. The van der Waals surface area contributed by atoms with E-state index in [4.69, 9.17) is 11.6 Å². The van der Waals surface area contributed by atoms with E-state index in [0.29, 0.717) is 23.8 Å². The summed E-state index contributed by atoms with van der Waals surface area (Å²) in [5.41, 5.74) is 4.74. The quantitative estimate of drug-likeness (QED) is 0.631. The fourth-order valence-electron chi connectivity index (χ4n) is 3.21. The molecular formula is C23H27ClN2O2. The van der Waals surface area contributed by atoms with Crippen LogP contribution in [-0.2, 0) is 6.54 Å². The van der Waals surface area contributed by atoms with Gasteiger partial charge < -0.3 is 15.0 Å². The van der Waals surface area contributed by atoms with Gasteiger partial charge in [-0.15, -0.1) is 0 Å². The summed E-state index contributed by atoms with van der Waals surface area (Å²) in [6.07, 6.45) is 0. The number of aryl methyl sites for hydroxylation is 2. The second kappa shape index (κ2) is 7.98. The van der Waals surface area contributed by atoms with Crippen LogP contribution in [0.2, 0.25) is 5.02 Å². The van der Waals surface area contributed by atoms with Gasteiger partial charge in [-0.05, 0) is 49.2 Å². The van der Waals surface area contributed by atoms with Gasteiger partial charge in [0.15, 0.2) is 0 Å². The third-order valence-corrected chi connectivity index (χ3v) is 5.32. The van der Waals surface area contributed by atoms with Gasteiger partial charge in [0.2, 0.25) is 0 Å². The van der Waals surface area contributed by atoms with E-state index in [-0.39, 0.29) is 17.9 Å². The number of halogens is 1. The molecule has 0 bridgehead atoms. The van der Waals surface area contributed by atoms with Gasteiger partial charge in [-0.1, -0.05) is 49.2 Å². The molecule has 3 aromatic rings. The van der Waals surface area contributed by atoms with Gasteiger partial charge in [-0.2, -0.15) is 0 Å². The van der Waals surface area contributed by atoms with Crippen LogP contribution in [0.15, 0.2) is 42.5 Å². The number of nitrogens with zero attached hydrogens (tertiary/aromatic N) is 1. The topological polar surface area (TPSA) is 54.3 Å². The Balaban J connectivity index is 2.02. The first-order valence-corrected chi connectivity index (χ1v) is 9.82. The summed E-state index contributed by atoms with van der Waals surface area (Å²) in [7, 11) is 0. The van der Waals surface area contributed by atoms with Crippen LogP contribution in [0, 0.1) is 19.3 Å². The number of aliphatic hydroxyl groups excluding tert-OH is 1. The maximum atomic E-state index is 13.0. The fourth-order valence-corrected chi connectivity index (χ4v) is 3.39. The van der Waals surface area contributed by atoms with Crippen molar-refractivity contribution in [2.75, 3.05) is 13.2 Å². The number of carbonyl (C=O) groups is 1. The van der Waals surface area contributed by atoms with E-state index in [1.54, 1.807) is 0 Å². The summed E-state index contributed by atoms with van der Waals surface area (Å²) >= 11 is 6.17. The van der Waals surface area contributed by atoms with E-state index in [9.17, 15) is 9.90 Å². The number of aromatic nitrogens is 1. The highest BCUT2D eigenvalue weighted by molar-refractivity contribution is 6.31. The van der Waals surface area contributed by atoms with Crippen LogP contribution in [0.3, 0.4) is 0 Å². The molecule has 3 rings (SSSR count). The Morgan fingerprint density at radius 1 is 1.14 bits per heavy atom. The van der Waals surface area contributed by atoms with Crippen molar-refractivity contribution in [2.45, 2.75) is 34.2 Å². The Labute approximate surface area is 171 Å². The first-order chi connectivity index (χ1) is 13.2. The molecule has 0 aliphatic carbocycles. The molecule has 1 amide bonds. The molecule has 1 heterocycles. The minimum absolute atomic E-state index is 0.00830. The van der Waals surface area contributed by atoms with Crippen molar-refractivity contribution >= 4 is 28.4 Å². The zero-order chi connectivity index (χ0) is 20.5. The van der Waals surface area contributed by atoms with Crippen LogP contribution < -0.4 is 5.32 Å². The number of aliphatic hydroxyl groups is 1. The van der Waals surface area contributed by atoms with Crippen molar-refractivity contribution in [1.82, 2.24) is 9.88 Å². The van der Waals surface area contributed by atoms with E-state index >= 15 is 0 Å². The van der Waals surface area contributed by atoms with Crippen molar-refractivity contribution in [3.8, 4) is 0 Å². The van der Waals surface area contributed by atoms with Crippen LogP contribution in [0.5, 0.6) is 0 Å². The van der Waals surface area contributed by atoms with E-state index in [2.05, 4.69) is 37.4 Å². The summed E-state index contributed by atoms with van der Waals surface area (Å²) in [4.78, 5) is 13.0. The largest absolute Gasteiger partial charge is 0.396 e.